The van der Waals surface area contributed by atoms with Crippen LogP contribution in [0.25, 0.3) is 16.8 Å². The van der Waals surface area contributed by atoms with Crippen molar-refractivity contribution in [1.29, 1.82) is 5.26 Å². The molecule has 0 N–H and O–H groups in total. The molecule has 1 unspecified atom stereocenters. The molecule has 0 bridgehead atoms. The second kappa shape index (κ2) is 9.77. The number of nitrogens with zero attached hydrogens (tertiary/aromatic N) is 2. The van der Waals surface area contributed by atoms with Crippen molar-refractivity contribution < 1.29 is 18.9 Å². The van der Waals surface area contributed by atoms with E-state index in [1.54, 1.807) is 14.2 Å². The van der Waals surface area contributed by atoms with Crippen molar-refractivity contribution in [1.82, 2.24) is 0 Å². The minimum absolute atomic E-state index is 0.452. The van der Waals surface area contributed by atoms with Gasteiger partial charge in [0.1, 0.15) is 23.3 Å². The summed E-state index contributed by atoms with van der Waals surface area (Å²) >= 11 is 0. The fraction of sp³-hybridized carbons (Fsp3) is 0.219. The molecule has 1 atom stereocenters. The monoisotopic (exact) mass is 504 g/mol. The van der Waals surface area contributed by atoms with Crippen LogP contribution >= 0.6 is 0 Å². The van der Waals surface area contributed by atoms with Crippen molar-refractivity contribution in [2.24, 2.45) is 0 Å². The molecule has 0 amide bonds. The molecule has 6 heteroatoms. The van der Waals surface area contributed by atoms with Crippen LogP contribution in [0.15, 0.2) is 78.9 Å². The van der Waals surface area contributed by atoms with Gasteiger partial charge in [-0.05, 0) is 41.8 Å². The first-order chi connectivity index (χ1) is 18.7. The molecule has 2 aliphatic rings. The van der Waals surface area contributed by atoms with Crippen LogP contribution in [-0.2, 0) is 10.3 Å². The van der Waals surface area contributed by atoms with E-state index in [2.05, 4.69) is 53.5 Å². The van der Waals surface area contributed by atoms with E-state index in [-0.39, 0.29) is 0 Å². The Morgan fingerprint density at radius 3 is 2.32 bits per heavy atom. The van der Waals surface area contributed by atoms with Gasteiger partial charge in [-0.15, -0.1) is 0 Å². The van der Waals surface area contributed by atoms with E-state index in [0.717, 1.165) is 52.4 Å². The van der Waals surface area contributed by atoms with Crippen molar-refractivity contribution >= 4 is 22.5 Å². The number of fused-ring (bicyclic) bond motifs is 3. The Labute approximate surface area is 222 Å². The van der Waals surface area contributed by atoms with Crippen molar-refractivity contribution in [2.75, 3.05) is 45.4 Å². The molecule has 190 valence electrons. The summed E-state index contributed by atoms with van der Waals surface area (Å²) in [6, 6.07) is 26.4. The molecule has 0 aliphatic carbocycles. The highest BCUT2D eigenvalue weighted by molar-refractivity contribution is 6.02. The number of rotatable bonds is 5. The first-order valence-corrected chi connectivity index (χ1v) is 12.7. The lowest BCUT2D eigenvalue weighted by molar-refractivity contribution is 0.122. The SMILES string of the molecule is COc1ccc(C2(c3ccc(OC)c(C#N)c3)C=Cc3c(cc(N4CCOCC4)c4ccccc34)O2)cc1. The highest BCUT2D eigenvalue weighted by Crippen LogP contribution is 2.47. The summed E-state index contributed by atoms with van der Waals surface area (Å²) in [5, 5.41) is 12.2. The van der Waals surface area contributed by atoms with Crippen LogP contribution in [0.3, 0.4) is 0 Å². The molecule has 2 heterocycles. The number of morpholine rings is 1. The fourth-order valence-electron chi connectivity index (χ4n) is 5.43. The maximum atomic E-state index is 9.83. The average molecular weight is 505 g/mol. The van der Waals surface area contributed by atoms with E-state index in [0.29, 0.717) is 24.5 Å². The van der Waals surface area contributed by atoms with Gasteiger partial charge >= 0.3 is 0 Å². The molecule has 0 aromatic heterocycles. The first kappa shape index (κ1) is 23.9. The molecule has 0 spiro atoms. The average Bonchev–Trinajstić information content (AvgIpc) is 3.00. The van der Waals surface area contributed by atoms with Gasteiger partial charge in [0, 0.05) is 46.9 Å². The summed E-state index contributed by atoms with van der Waals surface area (Å²) in [6.07, 6.45) is 4.23. The number of hydrogen-bond donors (Lipinski definition) is 0. The number of ether oxygens (including phenoxy) is 4. The van der Waals surface area contributed by atoms with E-state index in [1.165, 1.54) is 5.39 Å². The largest absolute Gasteiger partial charge is 0.497 e. The van der Waals surface area contributed by atoms with Crippen LogP contribution in [-0.4, -0.2) is 40.5 Å². The zero-order chi connectivity index (χ0) is 26.1. The van der Waals surface area contributed by atoms with E-state index >= 15 is 0 Å². The zero-order valence-corrected chi connectivity index (χ0v) is 21.4. The molecular formula is C32H28N2O4. The van der Waals surface area contributed by atoms with Crippen molar-refractivity contribution in [3.05, 3.63) is 101 Å². The Hall–Kier alpha value is -4.47. The molecule has 6 nitrogen and oxygen atoms in total. The molecule has 4 aromatic carbocycles. The standard InChI is InChI=1S/C32H28N2O4/c1-35-25-10-7-23(8-11-25)32(24-9-12-30(36-2)22(19-24)21-33)14-13-28-26-5-3-4-6-27(26)29(20-31(28)38-32)34-15-17-37-18-16-34/h3-14,19-20H,15-18H2,1-2H3. The highest BCUT2D eigenvalue weighted by atomic mass is 16.5. The highest BCUT2D eigenvalue weighted by Gasteiger charge is 2.38. The Morgan fingerprint density at radius 1 is 0.868 bits per heavy atom. The third-order valence-electron chi connectivity index (χ3n) is 7.40. The van der Waals surface area contributed by atoms with E-state index in [4.69, 9.17) is 18.9 Å². The van der Waals surface area contributed by atoms with Gasteiger partial charge in [0.05, 0.1) is 33.0 Å². The molecule has 6 rings (SSSR count). The summed E-state index contributed by atoms with van der Waals surface area (Å²) in [5.74, 6) is 2.08. The van der Waals surface area contributed by atoms with E-state index in [9.17, 15) is 5.26 Å². The number of anilines is 1. The smallest absolute Gasteiger partial charge is 0.178 e. The van der Waals surface area contributed by atoms with Crippen LogP contribution < -0.4 is 19.1 Å². The van der Waals surface area contributed by atoms with Gasteiger partial charge in [0.2, 0.25) is 0 Å². The van der Waals surface area contributed by atoms with Crippen LogP contribution in [0.1, 0.15) is 22.3 Å². The fourth-order valence-corrected chi connectivity index (χ4v) is 5.43. The van der Waals surface area contributed by atoms with Gasteiger partial charge in [0.15, 0.2) is 5.60 Å². The van der Waals surface area contributed by atoms with Gasteiger partial charge in [-0.3, -0.25) is 0 Å². The molecular weight excluding hydrogens is 476 g/mol. The van der Waals surface area contributed by atoms with Gasteiger partial charge in [-0.2, -0.15) is 5.26 Å². The summed E-state index contributed by atoms with van der Waals surface area (Å²) in [4.78, 5) is 2.37. The van der Waals surface area contributed by atoms with Crippen molar-refractivity contribution in [3.63, 3.8) is 0 Å². The minimum Gasteiger partial charge on any atom is -0.497 e. The lowest BCUT2D eigenvalue weighted by atomic mass is 9.82. The minimum atomic E-state index is -0.956. The van der Waals surface area contributed by atoms with Crippen molar-refractivity contribution in [2.45, 2.75) is 5.60 Å². The predicted octanol–water partition coefficient (Wildman–Crippen LogP) is 5.91. The number of benzene rings is 4. The lowest BCUT2D eigenvalue weighted by Gasteiger charge is -2.38. The second-order valence-corrected chi connectivity index (χ2v) is 9.38. The van der Waals surface area contributed by atoms with Gasteiger partial charge in [-0.1, -0.05) is 42.5 Å². The van der Waals surface area contributed by atoms with Crippen molar-refractivity contribution in [3.8, 4) is 23.3 Å². The maximum absolute atomic E-state index is 9.83. The summed E-state index contributed by atoms with van der Waals surface area (Å²) in [5.41, 5.74) is 3.43. The van der Waals surface area contributed by atoms with E-state index in [1.807, 2.05) is 42.5 Å². The third kappa shape index (κ3) is 3.93. The molecule has 4 aromatic rings. The Balaban J connectivity index is 1.56. The van der Waals surface area contributed by atoms with Crippen LogP contribution in [0.2, 0.25) is 0 Å². The molecule has 0 saturated carbocycles. The molecule has 1 saturated heterocycles. The quantitative estimate of drug-likeness (QED) is 0.337. The predicted molar refractivity (Wildman–Crippen MR) is 148 cm³/mol. The second-order valence-electron chi connectivity index (χ2n) is 9.38. The van der Waals surface area contributed by atoms with E-state index < -0.39 is 5.60 Å². The van der Waals surface area contributed by atoms with Crippen LogP contribution in [0.5, 0.6) is 17.2 Å². The van der Waals surface area contributed by atoms with Crippen LogP contribution in [0.4, 0.5) is 5.69 Å². The summed E-state index contributed by atoms with van der Waals surface area (Å²) in [7, 11) is 3.22. The summed E-state index contributed by atoms with van der Waals surface area (Å²) < 4.78 is 23.5. The summed E-state index contributed by atoms with van der Waals surface area (Å²) in [6.45, 7) is 3.05. The molecule has 38 heavy (non-hydrogen) atoms. The number of hydrogen-bond acceptors (Lipinski definition) is 6. The zero-order valence-electron chi connectivity index (χ0n) is 21.4. The maximum Gasteiger partial charge on any atom is 0.178 e. The Bertz CT molecular complexity index is 1570. The van der Waals surface area contributed by atoms with Gasteiger partial charge < -0.3 is 23.8 Å². The number of nitriles is 1. The molecule has 1 fully saturated rings. The Morgan fingerprint density at radius 2 is 1.61 bits per heavy atom. The Kier molecular flexibility index (Phi) is 6.15. The van der Waals surface area contributed by atoms with Gasteiger partial charge in [-0.25, -0.2) is 0 Å². The first-order valence-electron chi connectivity index (χ1n) is 12.7. The van der Waals surface area contributed by atoms with Crippen LogP contribution in [0, 0.1) is 11.3 Å². The third-order valence-corrected chi connectivity index (χ3v) is 7.40. The normalized spacial score (nSPS) is 18.4. The number of methoxy groups -OCH3 is 2. The molecule has 2 aliphatic heterocycles. The van der Waals surface area contributed by atoms with Gasteiger partial charge in [0.25, 0.3) is 0 Å². The molecule has 0 radical (unpaired) electrons. The lowest BCUT2D eigenvalue weighted by Crippen LogP contribution is -2.37. The topological polar surface area (TPSA) is 64.0 Å².